The SMILES string of the molecule is CCCNc1cc(NC2CCCS(=O)(=O)C2)nc(N)n1. The van der Waals surface area contributed by atoms with E-state index in [0.717, 1.165) is 19.4 Å². The van der Waals surface area contributed by atoms with Gasteiger partial charge in [0, 0.05) is 18.7 Å². The van der Waals surface area contributed by atoms with Gasteiger partial charge in [-0.3, -0.25) is 0 Å². The molecule has 20 heavy (non-hydrogen) atoms. The molecule has 1 aliphatic rings. The standard InChI is InChI=1S/C12H21N5O2S/c1-2-5-14-10-7-11(17-12(13)16-10)15-9-4-3-6-20(18,19)8-9/h7,9H,2-6,8H2,1H3,(H4,13,14,15,16,17). The summed E-state index contributed by atoms with van der Waals surface area (Å²) in [6, 6.07) is 1.65. The van der Waals surface area contributed by atoms with Crippen LogP contribution in [0.1, 0.15) is 26.2 Å². The van der Waals surface area contributed by atoms with Crippen LogP contribution in [0.25, 0.3) is 0 Å². The molecule has 1 unspecified atom stereocenters. The number of hydrogen-bond acceptors (Lipinski definition) is 7. The average molecular weight is 299 g/mol. The number of rotatable bonds is 5. The fourth-order valence-electron chi connectivity index (χ4n) is 2.23. The molecule has 0 saturated carbocycles. The van der Waals surface area contributed by atoms with Gasteiger partial charge >= 0.3 is 0 Å². The summed E-state index contributed by atoms with van der Waals surface area (Å²) < 4.78 is 23.2. The Morgan fingerprint density at radius 1 is 1.40 bits per heavy atom. The molecule has 112 valence electrons. The van der Waals surface area contributed by atoms with Crippen LogP contribution in [0, 0.1) is 0 Å². The lowest BCUT2D eigenvalue weighted by atomic mass is 10.2. The molecule has 8 heteroatoms. The molecule has 2 heterocycles. The zero-order chi connectivity index (χ0) is 14.6. The van der Waals surface area contributed by atoms with Crippen LogP contribution in [-0.2, 0) is 9.84 Å². The number of aromatic nitrogens is 2. The van der Waals surface area contributed by atoms with Gasteiger partial charge in [-0.05, 0) is 19.3 Å². The Hall–Kier alpha value is -1.57. The number of nitrogens with two attached hydrogens (primary N) is 1. The highest BCUT2D eigenvalue weighted by Gasteiger charge is 2.24. The van der Waals surface area contributed by atoms with Crippen molar-refractivity contribution >= 4 is 27.4 Å². The van der Waals surface area contributed by atoms with E-state index in [1.807, 2.05) is 0 Å². The van der Waals surface area contributed by atoms with E-state index in [1.54, 1.807) is 6.07 Å². The van der Waals surface area contributed by atoms with Crippen molar-refractivity contribution in [2.45, 2.75) is 32.2 Å². The van der Waals surface area contributed by atoms with Crippen molar-refractivity contribution < 1.29 is 8.42 Å². The molecule has 7 nitrogen and oxygen atoms in total. The molecule has 0 radical (unpaired) electrons. The lowest BCUT2D eigenvalue weighted by Gasteiger charge is -2.23. The summed E-state index contributed by atoms with van der Waals surface area (Å²) in [7, 11) is -2.94. The predicted octanol–water partition coefficient (Wildman–Crippen LogP) is 0.870. The molecular weight excluding hydrogens is 278 g/mol. The Balaban J connectivity index is 2.06. The van der Waals surface area contributed by atoms with Crippen molar-refractivity contribution in [2.24, 2.45) is 0 Å². The summed E-state index contributed by atoms with van der Waals surface area (Å²) in [6.45, 7) is 2.86. The van der Waals surface area contributed by atoms with E-state index in [2.05, 4.69) is 27.5 Å². The Labute approximate surface area is 119 Å². The number of hydrogen-bond donors (Lipinski definition) is 3. The van der Waals surface area contributed by atoms with Crippen LogP contribution >= 0.6 is 0 Å². The van der Waals surface area contributed by atoms with Crippen LogP contribution in [-0.4, -0.2) is 42.5 Å². The van der Waals surface area contributed by atoms with Gasteiger partial charge in [-0.15, -0.1) is 0 Å². The minimum atomic E-state index is -2.94. The molecule has 2 rings (SSSR count). The third kappa shape index (κ3) is 4.22. The van der Waals surface area contributed by atoms with Crippen molar-refractivity contribution in [2.75, 3.05) is 34.4 Å². The van der Waals surface area contributed by atoms with Crippen LogP contribution in [0.15, 0.2) is 6.07 Å². The fraction of sp³-hybridized carbons (Fsp3) is 0.667. The highest BCUT2D eigenvalue weighted by Crippen LogP contribution is 2.18. The number of nitrogen functional groups attached to an aromatic ring is 1. The van der Waals surface area contributed by atoms with Crippen LogP contribution in [0.4, 0.5) is 17.6 Å². The van der Waals surface area contributed by atoms with Gasteiger partial charge < -0.3 is 16.4 Å². The van der Waals surface area contributed by atoms with Crippen LogP contribution in [0.3, 0.4) is 0 Å². The van der Waals surface area contributed by atoms with Crippen molar-refractivity contribution in [3.8, 4) is 0 Å². The highest BCUT2D eigenvalue weighted by atomic mass is 32.2. The van der Waals surface area contributed by atoms with Gasteiger partial charge in [0.2, 0.25) is 5.95 Å². The summed E-state index contributed by atoms with van der Waals surface area (Å²) in [6.07, 6.45) is 2.48. The minimum absolute atomic E-state index is 0.109. The van der Waals surface area contributed by atoms with Gasteiger partial charge in [-0.25, -0.2) is 8.42 Å². The first-order valence-corrected chi connectivity index (χ1v) is 8.66. The molecule has 1 aliphatic heterocycles. The molecule has 1 saturated heterocycles. The molecule has 0 aromatic carbocycles. The number of sulfone groups is 1. The van der Waals surface area contributed by atoms with Crippen molar-refractivity contribution in [3.63, 3.8) is 0 Å². The summed E-state index contributed by atoms with van der Waals surface area (Å²) >= 11 is 0. The monoisotopic (exact) mass is 299 g/mol. The lowest BCUT2D eigenvalue weighted by Crippen LogP contribution is -2.35. The Kier molecular flexibility index (Phi) is 4.64. The molecule has 1 fully saturated rings. The van der Waals surface area contributed by atoms with E-state index < -0.39 is 9.84 Å². The minimum Gasteiger partial charge on any atom is -0.370 e. The molecule has 0 aliphatic carbocycles. The number of nitrogens with zero attached hydrogens (tertiary/aromatic N) is 2. The highest BCUT2D eigenvalue weighted by molar-refractivity contribution is 7.91. The fourth-order valence-corrected chi connectivity index (χ4v) is 3.87. The van der Waals surface area contributed by atoms with Gasteiger partial charge in [0.25, 0.3) is 0 Å². The molecule has 1 aromatic rings. The maximum absolute atomic E-state index is 11.6. The first-order valence-electron chi connectivity index (χ1n) is 6.84. The third-order valence-electron chi connectivity index (χ3n) is 3.11. The summed E-state index contributed by atoms with van der Waals surface area (Å²) in [5, 5.41) is 6.28. The largest absolute Gasteiger partial charge is 0.370 e. The zero-order valence-corrected chi connectivity index (χ0v) is 12.4. The maximum atomic E-state index is 11.6. The van der Waals surface area contributed by atoms with E-state index in [0.29, 0.717) is 18.1 Å². The van der Waals surface area contributed by atoms with Gasteiger partial charge in [-0.1, -0.05) is 6.92 Å². The smallest absolute Gasteiger partial charge is 0.223 e. The molecule has 4 N–H and O–H groups in total. The van der Waals surface area contributed by atoms with Gasteiger partial charge in [0.15, 0.2) is 9.84 Å². The maximum Gasteiger partial charge on any atom is 0.223 e. The van der Waals surface area contributed by atoms with Crippen molar-refractivity contribution in [3.05, 3.63) is 6.07 Å². The van der Waals surface area contributed by atoms with E-state index in [1.165, 1.54) is 0 Å². The van der Waals surface area contributed by atoms with E-state index >= 15 is 0 Å². The first-order chi connectivity index (χ1) is 9.48. The molecule has 0 amide bonds. The molecular formula is C12H21N5O2S. The topological polar surface area (TPSA) is 110 Å². The Morgan fingerprint density at radius 2 is 2.15 bits per heavy atom. The molecule has 0 bridgehead atoms. The quantitative estimate of drug-likeness (QED) is 0.740. The van der Waals surface area contributed by atoms with Crippen LogP contribution < -0.4 is 16.4 Å². The predicted molar refractivity (Wildman–Crippen MR) is 80.5 cm³/mol. The van der Waals surface area contributed by atoms with Crippen molar-refractivity contribution in [1.82, 2.24) is 9.97 Å². The normalized spacial score (nSPS) is 21.4. The van der Waals surface area contributed by atoms with Gasteiger partial charge in [0.1, 0.15) is 11.6 Å². The van der Waals surface area contributed by atoms with E-state index in [4.69, 9.17) is 5.73 Å². The summed E-state index contributed by atoms with van der Waals surface area (Å²) in [5.41, 5.74) is 5.67. The zero-order valence-electron chi connectivity index (χ0n) is 11.6. The summed E-state index contributed by atoms with van der Waals surface area (Å²) in [5.74, 6) is 1.82. The lowest BCUT2D eigenvalue weighted by molar-refractivity contribution is 0.561. The first kappa shape index (κ1) is 14.8. The van der Waals surface area contributed by atoms with Gasteiger partial charge in [0.05, 0.1) is 11.5 Å². The van der Waals surface area contributed by atoms with E-state index in [9.17, 15) is 8.42 Å². The van der Waals surface area contributed by atoms with E-state index in [-0.39, 0.29) is 23.5 Å². The second kappa shape index (κ2) is 6.25. The average Bonchev–Trinajstić information content (AvgIpc) is 2.34. The van der Waals surface area contributed by atoms with Gasteiger partial charge in [-0.2, -0.15) is 9.97 Å². The Morgan fingerprint density at radius 3 is 2.85 bits per heavy atom. The second-order valence-corrected chi connectivity index (χ2v) is 7.25. The summed E-state index contributed by atoms with van der Waals surface area (Å²) in [4.78, 5) is 8.19. The molecule has 1 atom stereocenters. The van der Waals surface area contributed by atoms with Crippen molar-refractivity contribution in [1.29, 1.82) is 0 Å². The third-order valence-corrected chi connectivity index (χ3v) is 4.94. The molecule has 0 spiro atoms. The Bertz CT molecular complexity index is 561. The second-order valence-electron chi connectivity index (χ2n) is 5.02. The number of anilines is 3. The number of nitrogens with one attached hydrogen (secondary N) is 2. The van der Waals surface area contributed by atoms with Crippen LogP contribution in [0.2, 0.25) is 0 Å². The van der Waals surface area contributed by atoms with Crippen LogP contribution in [0.5, 0.6) is 0 Å². The molecule has 1 aromatic heterocycles.